The smallest absolute Gasteiger partial charge is 0.140 e. The Morgan fingerprint density at radius 3 is 2.57 bits per heavy atom. The van der Waals surface area contributed by atoms with Gasteiger partial charge >= 0.3 is 0 Å². The highest BCUT2D eigenvalue weighted by molar-refractivity contribution is 5.44. The fourth-order valence-corrected chi connectivity index (χ4v) is 3.33. The third-order valence-electron chi connectivity index (χ3n) is 5.03. The monoisotopic (exact) mass is 406 g/mol. The van der Waals surface area contributed by atoms with E-state index in [1.165, 1.54) is 0 Å². The SMILES string of the molecule is C=CCc1c(OCc2ccccc2)cccc1[C@@H](O)C#CCC[C@@H](O)CCCCC. The number of benzene rings is 2. The van der Waals surface area contributed by atoms with Crippen LogP contribution < -0.4 is 4.74 Å². The molecule has 160 valence electrons. The van der Waals surface area contributed by atoms with Gasteiger partial charge in [0.25, 0.3) is 0 Å². The van der Waals surface area contributed by atoms with Crippen molar-refractivity contribution in [1.29, 1.82) is 0 Å². The molecule has 0 aromatic heterocycles. The molecule has 0 unspecified atom stereocenters. The van der Waals surface area contributed by atoms with Gasteiger partial charge in [-0.3, -0.25) is 0 Å². The average molecular weight is 407 g/mol. The van der Waals surface area contributed by atoms with Crippen molar-refractivity contribution in [2.45, 2.75) is 70.7 Å². The lowest BCUT2D eigenvalue weighted by Gasteiger charge is -2.16. The summed E-state index contributed by atoms with van der Waals surface area (Å²) in [5, 5.41) is 20.7. The first-order valence-electron chi connectivity index (χ1n) is 10.9. The second-order valence-corrected chi connectivity index (χ2v) is 7.50. The highest BCUT2D eigenvalue weighted by Gasteiger charge is 2.14. The second-order valence-electron chi connectivity index (χ2n) is 7.50. The molecule has 0 aliphatic heterocycles. The lowest BCUT2D eigenvalue weighted by atomic mass is 9.98. The Morgan fingerprint density at radius 1 is 1.03 bits per heavy atom. The van der Waals surface area contributed by atoms with Crippen LogP contribution in [0.3, 0.4) is 0 Å². The molecule has 2 aromatic rings. The van der Waals surface area contributed by atoms with Crippen molar-refractivity contribution < 1.29 is 14.9 Å². The molecule has 0 aliphatic rings. The first-order chi connectivity index (χ1) is 14.7. The highest BCUT2D eigenvalue weighted by Crippen LogP contribution is 2.28. The van der Waals surface area contributed by atoms with Crippen LogP contribution in [0.4, 0.5) is 0 Å². The van der Waals surface area contributed by atoms with Gasteiger partial charge in [0.15, 0.2) is 0 Å². The Kier molecular flexibility index (Phi) is 10.8. The zero-order valence-corrected chi connectivity index (χ0v) is 18.0. The van der Waals surface area contributed by atoms with E-state index in [2.05, 4.69) is 25.3 Å². The molecule has 3 nitrogen and oxygen atoms in total. The highest BCUT2D eigenvalue weighted by atomic mass is 16.5. The summed E-state index contributed by atoms with van der Waals surface area (Å²) in [6.45, 7) is 6.46. The normalized spacial score (nSPS) is 12.5. The predicted octanol–water partition coefficient (Wildman–Crippen LogP) is 5.75. The Hall–Kier alpha value is -2.54. The number of allylic oxidation sites excluding steroid dienone is 1. The Morgan fingerprint density at radius 2 is 1.83 bits per heavy atom. The first-order valence-corrected chi connectivity index (χ1v) is 10.9. The predicted molar refractivity (Wildman–Crippen MR) is 123 cm³/mol. The first kappa shape index (κ1) is 23.7. The molecule has 0 heterocycles. The van der Waals surface area contributed by atoms with Crippen molar-refractivity contribution >= 4 is 0 Å². The van der Waals surface area contributed by atoms with E-state index >= 15 is 0 Å². The van der Waals surface area contributed by atoms with Crippen molar-refractivity contribution in [2.75, 3.05) is 0 Å². The van der Waals surface area contributed by atoms with Gasteiger partial charge in [-0.1, -0.05) is 80.6 Å². The molecule has 2 atom stereocenters. The van der Waals surface area contributed by atoms with Crippen molar-refractivity contribution in [1.82, 2.24) is 0 Å². The van der Waals surface area contributed by atoms with Gasteiger partial charge in [-0.25, -0.2) is 0 Å². The van der Waals surface area contributed by atoms with Crippen LogP contribution in [-0.4, -0.2) is 16.3 Å². The topological polar surface area (TPSA) is 49.7 Å². The maximum Gasteiger partial charge on any atom is 0.140 e. The van der Waals surface area contributed by atoms with Crippen LogP contribution >= 0.6 is 0 Å². The van der Waals surface area contributed by atoms with Crippen molar-refractivity contribution in [2.24, 2.45) is 0 Å². The molecule has 2 rings (SSSR count). The third-order valence-corrected chi connectivity index (χ3v) is 5.03. The van der Waals surface area contributed by atoms with Gasteiger partial charge in [-0.05, 0) is 36.5 Å². The quantitative estimate of drug-likeness (QED) is 0.268. The standard InChI is InChI=1S/C27H34O3/c1-3-5-7-16-23(28)17-10-11-19-26(29)24-18-12-20-27(25(24)13-4-2)30-21-22-14-8-6-9-15-22/h4,6,8-9,12,14-15,18,20,23,26,28-29H,2-3,5,7,10,13,16-17,21H2,1H3/t23-,26-/m0/s1. The summed E-state index contributed by atoms with van der Waals surface area (Å²) in [7, 11) is 0. The summed E-state index contributed by atoms with van der Waals surface area (Å²) in [6, 6.07) is 15.7. The van der Waals surface area contributed by atoms with Crippen molar-refractivity contribution in [3.8, 4) is 17.6 Å². The number of unbranched alkanes of at least 4 members (excludes halogenated alkanes) is 2. The molecule has 0 radical (unpaired) electrons. The molecule has 0 bridgehead atoms. The summed E-state index contributed by atoms with van der Waals surface area (Å²) in [5.74, 6) is 6.69. The molecule has 0 fully saturated rings. The van der Waals surface area contributed by atoms with Crippen LogP contribution in [0, 0.1) is 11.8 Å². The van der Waals surface area contributed by atoms with E-state index in [1.807, 2.05) is 48.5 Å². The van der Waals surface area contributed by atoms with Crippen LogP contribution in [0.5, 0.6) is 5.75 Å². The van der Waals surface area contributed by atoms with Crippen LogP contribution in [-0.2, 0) is 13.0 Å². The van der Waals surface area contributed by atoms with Gasteiger partial charge in [0, 0.05) is 12.0 Å². The van der Waals surface area contributed by atoms with E-state index in [1.54, 1.807) is 6.08 Å². The zero-order chi connectivity index (χ0) is 21.6. The third kappa shape index (κ3) is 8.06. The number of ether oxygens (including phenoxy) is 1. The van der Waals surface area contributed by atoms with Gasteiger partial charge in [0.05, 0.1) is 6.10 Å². The molecule has 2 N–H and O–H groups in total. The minimum absolute atomic E-state index is 0.311. The number of hydrogen-bond donors (Lipinski definition) is 2. The zero-order valence-electron chi connectivity index (χ0n) is 18.0. The fourth-order valence-electron chi connectivity index (χ4n) is 3.33. The fraction of sp³-hybridized carbons (Fsp3) is 0.407. The minimum Gasteiger partial charge on any atom is -0.489 e. The summed E-state index contributed by atoms with van der Waals surface area (Å²) < 4.78 is 6.03. The molecular formula is C27H34O3. The van der Waals surface area contributed by atoms with Crippen LogP contribution in [0.25, 0.3) is 0 Å². The molecule has 30 heavy (non-hydrogen) atoms. The molecule has 0 aliphatic carbocycles. The van der Waals surface area contributed by atoms with E-state index in [4.69, 9.17) is 4.74 Å². The molecule has 0 spiro atoms. The Bertz CT molecular complexity index is 817. The van der Waals surface area contributed by atoms with E-state index in [0.29, 0.717) is 25.9 Å². The van der Waals surface area contributed by atoms with Crippen molar-refractivity contribution in [3.05, 3.63) is 77.9 Å². The van der Waals surface area contributed by atoms with E-state index < -0.39 is 6.10 Å². The molecule has 0 saturated heterocycles. The lowest BCUT2D eigenvalue weighted by molar-refractivity contribution is 0.152. The Labute approximate surface area is 181 Å². The maximum atomic E-state index is 10.7. The van der Waals surface area contributed by atoms with Crippen molar-refractivity contribution in [3.63, 3.8) is 0 Å². The summed E-state index contributed by atoms with van der Waals surface area (Å²) in [4.78, 5) is 0. The van der Waals surface area contributed by atoms with E-state index in [-0.39, 0.29) is 6.10 Å². The molecule has 3 heteroatoms. The lowest BCUT2D eigenvalue weighted by Crippen LogP contribution is -2.06. The number of rotatable bonds is 12. The van der Waals surface area contributed by atoms with Crippen LogP contribution in [0.2, 0.25) is 0 Å². The minimum atomic E-state index is -0.891. The molecular weight excluding hydrogens is 372 g/mol. The Balaban J connectivity index is 2.01. The second kappa shape index (κ2) is 13.6. The maximum absolute atomic E-state index is 10.7. The molecule has 0 saturated carbocycles. The van der Waals surface area contributed by atoms with Gasteiger partial charge in [-0.2, -0.15) is 0 Å². The number of aliphatic hydroxyl groups is 2. The van der Waals surface area contributed by atoms with Gasteiger partial charge in [0.2, 0.25) is 0 Å². The number of aliphatic hydroxyl groups excluding tert-OH is 2. The summed E-state index contributed by atoms with van der Waals surface area (Å²) in [6.07, 6.45) is 6.59. The molecule has 2 aromatic carbocycles. The van der Waals surface area contributed by atoms with Gasteiger partial charge < -0.3 is 14.9 Å². The van der Waals surface area contributed by atoms with Crippen LogP contribution in [0.15, 0.2) is 61.2 Å². The summed E-state index contributed by atoms with van der Waals surface area (Å²) >= 11 is 0. The van der Waals surface area contributed by atoms with Gasteiger partial charge in [0.1, 0.15) is 18.5 Å². The largest absolute Gasteiger partial charge is 0.489 e. The number of hydrogen-bond acceptors (Lipinski definition) is 3. The molecule has 0 amide bonds. The van der Waals surface area contributed by atoms with E-state index in [0.717, 1.165) is 48.1 Å². The van der Waals surface area contributed by atoms with E-state index in [9.17, 15) is 10.2 Å². The average Bonchev–Trinajstić information content (AvgIpc) is 2.77. The summed E-state index contributed by atoms with van der Waals surface area (Å²) in [5.41, 5.74) is 2.74. The van der Waals surface area contributed by atoms with Gasteiger partial charge in [-0.15, -0.1) is 12.5 Å². The van der Waals surface area contributed by atoms with Crippen LogP contribution in [0.1, 0.15) is 68.2 Å².